The van der Waals surface area contributed by atoms with Crippen LogP contribution in [0.25, 0.3) is 0 Å². The number of ether oxygens (including phenoxy) is 1. The van der Waals surface area contributed by atoms with E-state index in [-0.39, 0.29) is 5.69 Å². The van der Waals surface area contributed by atoms with E-state index in [9.17, 15) is 22.8 Å². The maximum Gasteiger partial charge on any atom is 0.416 e. The van der Waals surface area contributed by atoms with E-state index in [4.69, 9.17) is 4.74 Å². The number of alkyl halides is 3. The molecule has 7 nitrogen and oxygen atoms in total. The highest BCUT2D eigenvalue weighted by molar-refractivity contribution is 7.10. The zero-order chi connectivity index (χ0) is 27.8. The number of rotatable bonds is 5. The van der Waals surface area contributed by atoms with Crippen LogP contribution in [0.2, 0.25) is 0 Å². The summed E-state index contributed by atoms with van der Waals surface area (Å²) in [6.45, 7) is 8.12. The van der Waals surface area contributed by atoms with Crippen LogP contribution in [0.1, 0.15) is 59.1 Å². The zero-order valence-corrected chi connectivity index (χ0v) is 23.3. The third-order valence-electron chi connectivity index (χ3n) is 6.81. The number of hydrogen-bond donors (Lipinski definition) is 1. The number of likely N-dealkylation sites (tertiary alicyclic amines) is 1. The highest BCUT2D eigenvalue weighted by atomic mass is 32.1. The second-order valence-corrected chi connectivity index (χ2v) is 12.2. The van der Waals surface area contributed by atoms with Crippen LogP contribution in [0, 0.1) is 0 Å². The molecular weight excluding hydrogens is 517 g/mol. The lowest BCUT2D eigenvalue weighted by atomic mass is 10.0. The van der Waals surface area contributed by atoms with Gasteiger partial charge in [-0.15, -0.1) is 11.3 Å². The molecule has 1 atom stereocenters. The number of anilines is 1. The van der Waals surface area contributed by atoms with Crippen molar-refractivity contribution in [3.8, 4) is 0 Å². The van der Waals surface area contributed by atoms with Crippen molar-refractivity contribution < 1.29 is 27.5 Å². The molecule has 1 fully saturated rings. The number of nitrogens with one attached hydrogen (secondary N) is 1. The lowest BCUT2D eigenvalue weighted by Gasteiger charge is -2.30. The topological polar surface area (TPSA) is 65.1 Å². The van der Waals surface area contributed by atoms with Crippen LogP contribution in [0.15, 0.2) is 23.6 Å². The van der Waals surface area contributed by atoms with Gasteiger partial charge in [0, 0.05) is 48.2 Å². The number of thiophene rings is 1. The van der Waals surface area contributed by atoms with Crippen LogP contribution < -0.4 is 5.32 Å². The SMILES string of the molecule is CN(C)[C@@H]1CCN(Cc2cc(NC(=O)c3csc4c3CCN(C(=O)OC(C)(C)C)C4)cc(C(F)(F)F)c2)C1. The fourth-order valence-corrected chi connectivity index (χ4v) is 5.95. The van der Waals surface area contributed by atoms with E-state index in [2.05, 4.69) is 15.1 Å². The largest absolute Gasteiger partial charge is 0.444 e. The van der Waals surface area contributed by atoms with Crippen LogP contribution >= 0.6 is 11.3 Å². The molecule has 0 aliphatic carbocycles. The van der Waals surface area contributed by atoms with E-state index in [0.29, 0.717) is 43.2 Å². The summed E-state index contributed by atoms with van der Waals surface area (Å²) in [5.74, 6) is -0.452. The second-order valence-electron chi connectivity index (χ2n) is 11.2. The first-order valence-electron chi connectivity index (χ1n) is 12.7. The Balaban J connectivity index is 1.49. The van der Waals surface area contributed by atoms with Gasteiger partial charge in [-0.3, -0.25) is 9.69 Å². The highest BCUT2D eigenvalue weighted by Crippen LogP contribution is 2.34. The number of amides is 2. The van der Waals surface area contributed by atoms with Crippen molar-refractivity contribution in [3.63, 3.8) is 0 Å². The molecule has 3 heterocycles. The predicted molar refractivity (Wildman–Crippen MR) is 141 cm³/mol. The third-order valence-corrected chi connectivity index (χ3v) is 7.82. The molecule has 2 aliphatic heterocycles. The van der Waals surface area contributed by atoms with Gasteiger partial charge in [-0.25, -0.2) is 4.79 Å². The van der Waals surface area contributed by atoms with Crippen molar-refractivity contribution in [2.45, 2.75) is 64.5 Å². The Labute approximate surface area is 225 Å². The Morgan fingerprint density at radius 3 is 2.53 bits per heavy atom. The van der Waals surface area contributed by atoms with Gasteiger partial charge in [0.05, 0.1) is 17.7 Å². The van der Waals surface area contributed by atoms with E-state index in [0.717, 1.165) is 42.1 Å². The first-order chi connectivity index (χ1) is 17.7. The molecule has 0 unspecified atom stereocenters. The fourth-order valence-electron chi connectivity index (χ4n) is 4.85. The standard InChI is InChI=1S/C27H35F3N4O3S/c1-26(2,3)37-25(36)34-9-7-21-22(16-38-23(21)15-34)24(35)31-19-11-17(10-18(12-19)27(28,29)30)13-33-8-6-20(14-33)32(4)5/h10-12,16,20H,6-9,13-15H2,1-5H3,(H,31,35)/t20-/m1/s1. The first-order valence-corrected chi connectivity index (χ1v) is 13.6. The minimum Gasteiger partial charge on any atom is -0.444 e. The Morgan fingerprint density at radius 1 is 1.16 bits per heavy atom. The van der Waals surface area contributed by atoms with E-state index in [1.807, 2.05) is 14.1 Å². The lowest BCUT2D eigenvalue weighted by Crippen LogP contribution is -2.39. The van der Waals surface area contributed by atoms with Gasteiger partial charge in [0.15, 0.2) is 0 Å². The van der Waals surface area contributed by atoms with Crippen LogP contribution in [-0.4, -0.2) is 72.1 Å². The number of carbonyl (C=O) groups excluding carboxylic acids is 2. The van der Waals surface area contributed by atoms with Crippen molar-refractivity contribution >= 4 is 29.0 Å². The van der Waals surface area contributed by atoms with Gasteiger partial charge in [0.2, 0.25) is 0 Å². The molecule has 38 heavy (non-hydrogen) atoms. The normalized spacial score (nSPS) is 18.6. The number of hydrogen-bond acceptors (Lipinski definition) is 6. The Kier molecular flexibility index (Phi) is 8.11. The Bertz CT molecular complexity index is 1190. The summed E-state index contributed by atoms with van der Waals surface area (Å²) in [7, 11) is 4.01. The Hall–Kier alpha value is -2.63. The van der Waals surface area contributed by atoms with Crippen molar-refractivity contribution in [1.29, 1.82) is 0 Å². The molecule has 0 spiro atoms. The molecule has 0 radical (unpaired) electrons. The molecule has 1 N–H and O–H groups in total. The molecule has 2 aliphatic rings. The van der Waals surface area contributed by atoms with Crippen LogP contribution in [0.5, 0.6) is 0 Å². The van der Waals surface area contributed by atoms with E-state index >= 15 is 0 Å². The van der Waals surface area contributed by atoms with Crippen molar-refractivity contribution in [1.82, 2.24) is 14.7 Å². The summed E-state index contributed by atoms with van der Waals surface area (Å²) < 4.78 is 46.5. The average molecular weight is 553 g/mol. The smallest absolute Gasteiger partial charge is 0.416 e. The average Bonchev–Trinajstić information content (AvgIpc) is 3.44. The van der Waals surface area contributed by atoms with Gasteiger partial charge in [0.1, 0.15) is 5.60 Å². The predicted octanol–water partition coefficient (Wildman–Crippen LogP) is 5.45. The number of fused-ring (bicyclic) bond motifs is 1. The first kappa shape index (κ1) is 28.4. The van der Waals surface area contributed by atoms with Gasteiger partial charge in [0.25, 0.3) is 5.91 Å². The molecule has 2 amide bonds. The molecule has 1 aromatic heterocycles. The van der Waals surface area contributed by atoms with Crippen molar-refractivity contribution in [2.24, 2.45) is 0 Å². The molecule has 0 bridgehead atoms. The summed E-state index contributed by atoms with van der Waals surface area (Å²) in [5, 5.41) is 4.41. The number of likely N-dealkylation sites (N-methyl/N-ethyl adjacent to an activating group) is 1. The summed E-state index contributed by atoms with van der Waals surface area (Å²) in [5.41, 5.74) is 0.496. The minimum absolute atomic E-state index is 0.120. The van der Waals surface area contributed by atoms with Crippen molar-refractivity contribution in [3.05, 3.63) is 50.7 Å². The van der Waals surface area contributed by atoms with Crippen LogP contribution in [-0.2, 0) is 30.4 Å². The molecule has 4 rings (SSSR count). The van der Waals surface area contributed by atoms with E-state index < -0.39 is 29.3 Å². The zero-order valence-electron chi connectivity index (χ0n) is 22.4. The number of halogens is 3. The summed E-state index contributed by atoms with van der Waals surface area (Å²) in [6, 6.07) is 4.14. The molecule has 1 aromatic carbocycles. The van der Waals surface area contributed by atoms with Crippen LogP contribution in [0.3, 0.4) is 0 Å². The van der Waals surface area contributed by atoms with Gasteiger partial charge >= 0.3 is 12.3 Å². The maximum atomic E-state index is 13.7. The van der Waals surface area contributed by atoms with Gasteiger partial charge in [-0.2, -0.15) is 13.2 Å². The molecule has 208 valence electrons. The van der Waals surface area contributed by atoms with Gasteiger partial charge < -0.3 is 19.9 Å². The molecule has 11 heteroatoms. The molecule has 2 aromatic rings. The molecule has 1 saturated heterocycles. The fraction of sp³-hybridized carbons (Fsp3) is 0.556. The summed E-state index contributed by atoms with van der Waals surface area (Å²) in [4.78, 5) is 32.4. The number of carbonyl (C=O) groups is 2. The number of nitrogens with zero attached hydrogens (tertiary/aromatic N) is 3. The summed E-state index contributed by atoms with van der Waals surface area (Å²) >= 11 is 1.36. The molecule has 0 saturated carbocycles. The minimum atomic E-state index is -4.53. The van der Waals surface area contributed by atoms with Gasteiger partial charge in [-0.1, -0.05) is 0 Å². The second kappa shape index (κ2) is 10.9. The summed E-state index contributed by atoms with van der Waals surface area (Å²) in [6.07, 6.45) is -3.51. The van der Waals surface area contributed by atoms with E-state index in [1.54, 1.807) is 37.1 Å². The molecular formula is C27H35F3N4O3S. The quantitative estimate of drug-likeness (QED) is 0.535. The lowest BCUT2D eigenvalue weighted by molar-refractivity contribution is -0.137. The Morgan fingerprint density at radius 2 is 1.89 bits per heavy atom. The van der Waals surface area contributed by atoms with Gasteiger partial charge in [-0.05, 0) is 77.0 Å². The third kappa shape index (κ3) is 6.86. The highest BCUT2D eigenvalue weighted by Gasteiger charge is 2.33. The monoisotopic (exact) mass is 552 g/mol. The number of benzene rings is 1. The van der Waals surface area contributed by atoms with E-state index in [1.165, 1.54) is 11.3 Å². The maximum absolute atomic E-state index is 13.7. The van der Waals surface area contributed by atoms with Crippen LogP contribution in [0.4, 0.5) is 23.7 Å². The van der Waals surface area contributed by atoms with Crippen molar-refractivity contribution in [2.75, 3.05) is 39.0 Å².